The van der Waals surface area contributed by atoms with Crippen molar-refractivity contribution >= 4 is 0 Å². The van der Waals surface area contributed by atoms with Crippen molar-refractivity contribution in [2.75, 3.05) is 34.5 Å². The topological polar surface area (TPSA) is 136 Å². The van der Waals surface area contributed by atoms with Crippen molar-refractivity contribution in [1.82, 2.24) is 0 Å². The molecule has 0 saturated heterocycles. The SMILES string of the molecule is COc1cc([C@H](O)[C@H](CO)Oc2ccc([C@@H](O)[C@@H](CO)Oc3ccccc3OC)cc2OC)ccc1OCc1ccccc1. The summed E-state index contributed by atoms with van der Waals surface area (Å²) in [4.78, 5) is 0. The molecule has 234 valence electrons. The average molecular weight is 607 g/mol. The summed E-state index contributed by atoms with van der Waals surface area (Å²) in [6.07, 6.45) is -4.55. The summed E-state index contributed by atoms with van der Waals surface area (Å²) in [5.74, 6) is 2.21. The zero-order valence-corrected chi connectivity index (χ0v) is 24.8. The molecular formula is C34H38O10. The molecule has 4 N–H and O–H groups in total. The number of aliphatic hydroxyl groups is 4. The fourth-order valence-corrected chi connectivity index (χ4v) is 4.56. The zero-order chi connectivity index (χ0) is 31.5. The molecule has 0 aliphatic rings. The average Bonchev–Trinajstić information content (AvgIpc) is 3.08. The van der Waals surface area contributed by atoms with Crippen molar-refractivity contribution in [3.05, 3.63) is 108 Å². The molecule has 0 amide bonds. The quantitative estimate of drug-likeness (QED) is 0.147. The Morgan fingerprint density at radius 2 is 0.977 bits per heavy atom. The van der Waals surface area contributed by atoms with Gasteiger partial charge in [0, 0.05) is 0 Å². The number of rotatable bonds is 16. The van der Waals surface area contributed by atoms with E-state index >= 15 is 0 Å². The molecular weight excluding hydrogens is 568 g/mol. The van der Waals surface area contributed by atoms with Crippen LogP contribution in [0, 0.1) is 0 Å². The number of benzene rings is 4. The lowest BCUT2D eigenvalue weighted by Crippen LogP contribution is -2.30. The third kappa shape index (κ3) is 7.91. The van der Waals surface area contributed by atoms with Gasteiger partial charge >= 0.3 is 0 Å². The van der Waals surface area contributed by atoms with E-state index < -0.39 is 37.6 Å². The molecule has 0 radical (unpaired) electrons. The molecule has 0 fully saturated rings. The van der Waals surface area contributed by atoms with Crippen molar-refractivity contribution < 1.29 is 48.8 Å². The lowest BCUT2D eigenvalue weighted by molar-refractivity contribution is -0.00267. The first-order valence-corrected chi connectivity index (χ1v) is 14.0. The van der Waals surface area contributed by atoms with Crippen LogP contribution in [-0.4, -0.2) is 67.2 Å². The van der Waals surface area contributed by atoms with Crippen LogP contribution in [0.25, 0.3) is 0 Å². The molecule has 44 heavy (non-hydrogen) atoms. The van der Waals surface area contributed by atoms with Crippen LogP contribution in [0.5, 0.6) is 34.5 Å². The highest BCUT2D eigenvalue weighted by atomic mass is 16.5. The maximum atomic E-state index is 11.1. The summed E-state index contributed by atoms with van der Waals surface area (Å²) in [5.41, 5.74) is 1.83. The molecule has 4 atom stereocenters. The highest BCUT2D eigenvalue weighted by Crippen LogP contribution is 2.37. The van der Waals surface area contributed by atoms with E-state index in [1.165, 1.54) is 27.4 Å². The van der Waals surface area contributed by atoms with Crippen molar-refractivity contribution in [2.45, 2.75) is 31.0 Å². The predicted octanol–water partition coefficient (Wildman–Crippen LogP) is 4.24. The second kappa shape index (κ2) is 15.8. The molecule has 0 aromatic heterocycles. The predicted molar refractivity (Wildman–Crippen MR) is 163 cm³/mol. The van der Waals surface area contributed by atoms with Crippen LogP contribution in [0.4, 0.5) is 0 Å². The highest BCUT2D eigenvalue weighted by Gasteiger charge is 2.27. The van der Waals surface area contributed by atoms with Crippen LogP contribution < -0.4 is 28.4 Å². The first-order chi connectivity index (χ1) is 21.4. The van der Waals surface area contributed by atoms with E-state index in [0.29, 0.717) is 40.7 Å². The van der Waals surface area contributed by atoms with E-state index in [4.69, 9.17) is 28.4 Å². The molecule has 0 aliphatic heterocycles. The van der Waals surface area contributed by atoms with Crippen LogP contribution in [0.2, 0.25) is 0 Å². The van der Waals surface area contributed by atoms with Gasteiger partial charge in [0.25, 0.3) is 0 Å². The van der Waals surface area contributed by atoms with E-state index in [1.54, 1.807) is 54.6 Å². The molecule has 0 spiro atoms. The minimum absolute atomic E-state index is 0.225. The Hall–Kier alpha value is -4.48. The van der Waals surface area contributed by atoms with Gasteiger partial charge in [-0.15, -0.1) is 0 Å². The summed E-state index contributed by atoms with van der Waals surface area (Å²) >= 11 is 0. The van der Waals surface area contributed by atoms with Crippen LogP contribution >= 0.6 is 0 Å². The van der Waals surface area contributed by atoms with Gasteiger partial charge in [-0.05, 0) is 53.1 Å². The first kappa shape index (κ1) is 32.4. The summed E-state index contributed by atoms with van der Waals surface area (Å²) in [7, 11) is 4.43. The van der Waals surface area contributed by atoms with Gasteiger partial charge in [-0.3, -0.25) is 0 Å². The highest BCUT2D eigenvalue weighted by molar-refractivity contribution is 5.46. The Kier molecular flexibility index (Phi) is 11.7. The fraction of sp³-hybridized carbons (Fsp3) is 0.294. The van der Waals surface area contributed by atoms with Gasteiger partial charge in [-0.2, -0.15) is 0 Å². The molecule has 0 bridgehead atoms. The standard InChI is InChI=1S/C34H38O10/c1-39-25-11-7-8-12-27(25)43-31(19-35)34(38)24-14-16-28(30(18-24)41-3)44-32(20-36)33(37)23-13-15-26(29(17-23)40-2)42-21-22-9-5-4-6-10-22/h4-18,31-38H,19-21H2,1-3H3/t31-,32+,33+,34-/m1/s1. The van der Waals surface area contributed by atoms with Crippen molar-refractivity contribution in [3.63, 3.8) is 0 Å². The summed E-state index contributed by atoms with van der Waals surface area (Å²) < 4.78 is 34.0. The number of ether oxygens (including phenoxy) is 6. The Balaban J connectivity index is 1.47. The Morgan fingerprint density at radius 3 is 1.50 bits per heavy atom. The molecule has 0 aliphatic carbocycles. The Morgan fingerprint density at radius 1 is 0.523 bits per heavy atom. The van der Waals surface area contributed by atoms with E-state index in [1.807, 2.05) is 30.3 Å². The smallest absolute Gasteiger partial charge is 0.161 e. The summed E-state index contributed by atoms with van der Waals surface area (Å²) in [6, 6.07) is 26.3. The van der Waals surface area contributed by atoms with E-state index in [-0.39, 0.29) is 11.5 Å². The molecule has 10 nitrogen and oxygen atoms in total. The molecule has 4 rings (SSSR count). The van der Waals surface area contributed by atoms with Gasteiger partial charge in [-0.1, -0.05) is 54.6 Å². The monoisotopic (exact) mass is 606 g/mol. The number of aliphatic hydroxyl groups excluding tert-OH is 4. The third-order valence-electron chi connectivity index (χ3n) is 6.99. The Bertz CT molecular complexity index is 1460. The van der Waals surface area contributed by atoms with Gasteiger partial charge in [0.1, 0.15) is 18.8 Å². The van der Waals surface area contributed by atoms with E-state index in [0.717, 1.165) is 5.56 Å². The van der Waals surface area contributed by atoms with Crippen LogP contribution in [0.3, 0.4) is 0 Å². The van der Waals surface area contributed by atoms with Crippen LogP contribution in [0.15, 0.2) is 91.0 Å². The summed E-state index contributed by atoms with van der Waals surface area (Å²) in [5, 5.41) is 42.3. The molecule has 4 aromatic rings. The van der Waals surface area contributed by atoms with Crippen molar-refractivity contribution in [3.8, 4) is 34.5 Å². The second-order valence-corrected chi connectivity index (χ2v) is 9.81. The van der Waals surface area contributed by atoms with Crippen LogP contribution in [-0.2, 0) is 6.61 Å². The minimum atomic E-state index is -1.24. The minimum Gasteiger partial charge on any atom is -0.493 e. The zero-order valence-electron chi connectivity index (χ0n) is 24.8. The molecule has 4 aromatic carbocycles. The fourth-order valence-electron chi connectivity index (χ4n) is 4.56. The maximum absolute atomic E-state index is 11.1. The normalized spacial score (nSPS) is 13.7. The van der Waals surface area contributed by atoms with E-state index in [9.17, 15) is 20.4 Å². The summed E-state index contributed by atoms with van der Waals surface area (Å²) in [6.45, 7) is -0.641. The van der Waals surface area contributed by atoms with Gasteiger partial charge < -0.3 is 48.8 Å². The van der Waals surface area contributed by atoms with E-state index in [2.05, 4.69) is 0 Å². The largest absolute Gasteiger partial charge is 0.493 e. The Labute approximate surface area is 256 Å². The lowest BCUT2D eigenvalue weighted by atomic mass is 10.0. The number of hydrogen-bond donors (Lipinski definition) is 4. The molecule has 0 heterocycles. The molecule has 0 saturated carbocycles. The third-order valence-corrected chi connectivity index (χ3v) is 6.99. The van der Waals surface area contributed by atoms with Crippen molar-refractivity contribution in [2.24, 2.45) is 0 Å². The van der Waals surface area contributed by atoms with Gasteiger partial charge in [-0.25, -0.2) is 0 Å². The molecule has 10 heteroatoms. The first-order valence-electron chi connectivity index (χ1n) is 14.0. The van der Waals surface area contributed by atoms with Crippen LogP contribution in [0.1, 0.15) is 28.9 Å². The molecule has 0 unspecified atom stereocenters. The number of hydrogen-bond acceptors (Lipinski definition) is 10. The van der Waals surface area contributed by atoms with Gasteiger partial charge in [0.15, 0.2) is 46.7 Å². The number of para-hydroxylation sites is 2. The second-order valence-electron chi connectivity index (χ2n) is 9.81. The number of methoxy groups -OCH3 is 3. The van der Waals surface area contributed by atoms with Crippen molar-refractivity contribution in [1.29, 1.82) is 0 Å². The van der Waals surface area contributed by atoms with Gasteiger partial charge in [0.05, 0.1) is 34.5 Å². The van der Waals surface area contributed by atoms with Gasteiger partial charge in [0.2, 0.25) is 0 Å². The maximum Gasteiger partial charge on any atom is 0.161 e. The lowest BCUT2D eigenvalue weighted by Gasteiger charge is -2.26.